The zero-order valence-corrected chi connectivity index (χ0v) is 38.0. The van der Waals surface area contributed by atoms with E-state index in [2.05, 4.69) is 23.6 Å². The second-order valence-corrected chi connectivity index (χ2v) is 31.7. The molecule has 0 N–H and O–H groups in total. The monoisotopic (exact) mass is 771 g/mol. The van der Waals surface area contributed by atoms with Crippen LogP contribution in [0.4, 0.5) is 0 Å². The van der Waals surface area contributed by atoms with E-state index < -0.39 is 16.1 Å². The highest BCUT2D eigenvalue weighted by atomic mass is 28.3. The molecule has 0 saturated heterocycles. The molecule has 0 aromatic rings. The lowest BCUT2D eigenvalue weighted by Gasteiger charge is -2.52. The maximum absolute atomic E-state index is 3.22. The summed E-state index contributed by atoms with van der Waals surface area (Å²) in [5.74, 6) is 3.87. The van der Waals surface area contributed by atoms with E-state index in [-0.39, 0.29) is 0 Å². The molecule has 0 bridgehead atoms. The van der Waals surface area contributed by atoms with Gasteiger partial charge in [-0.1, -0.05) is 242 Å². The van der Waals surface area contributed by atoms with Crippen LogP contribution in [0, 0.1) is 23.7 Å². The van der Waals surface area contributed by atoms with Crippen molar-refractivity contribution in [2.75, 3.05) is 0 Å². The average Bonchev–Trinajstić information content (AvgIpc) is 3.27. The first-order chi connectivity index (χ1) is 26.8. The smallest absolute Gasteiger partial charge is 0.0866 e. The molecule has 306 valence electrons. The third kappa shape index (κ3) is 9.36. The topological polar surface area (TPSA) is 0 Å². The second-order valence-electron chi connectivity index (χ2n) is 22.1. The standard InChI is InChI=1S/C52H90Si2/c1-7-25-47(26-8-1)53(48-27-9-2-10-28-48,49-29-11-3-12-30-49)39-37-43-21-19-23-45(41-43)46-24-20-22-44(42-46)38-40-54(50-31-13-4-14-32-50,51-33-15-5-16-34-51)52-35-17-6-18-36-52/h37-40,43-52H,1-36,41-42H2. The van der Waals surface area contributed by atoms with Crippen molar-refractivity contribution in [1.82, 2.24) is 0 Å². The summed E-state index contributed by atoms with van der Waals surface area (Å²) in [5.41, 5.74) is 13.2. The summed E-state index contributed by atoms with van der Waals surface area (Å²) < 4.78 is 0. The van der Waals surface area contributed by atoms with Crippen LogP contribution in [0.15, 0.2) is 23.6 Å². The quantitative estimate of drug-likeness (QED) is 0.184. The maximum atomic E-state index is 3.22. The molecule has 0 aromatic carbocycles. The van der Waals surface area contributed by atoms with Gasteiger partial charge in [0.15, 0.2) is 0 Å². The summed E-state index contributed by atoms with van der Waals surface area (Å²) in [7, 11) is -3.02. The van der Waals surface area contributed by atoms with E-state index in [1.165, 1.54) is 64.2 Å². The Balaban J connectivity index is 0.990. The predicted molar refractivity (Wildman–Crippen MR) is 242 cm³/mol. The van der Waals surface area contributed by atoms with E-state index >= 15 is 0 Å². The minimum absolute atomic E-state index is 0.909. The van der Waals surface area contributed by atoms with Crippen molar-refractivity contribution in [3.05, 3.63) is 23.6 Å². The van der Waals surface area contributed by atoms with Gasteiger partial charge in [-0.25, -0.2) is 0 Å². The zero-order valence-electron chi connectivity index (χ0n) is 36.0. The van der Waals surface area contributed by atoms with Gasteiger partial charge < -0.3 is 0 Å². The largest absolute Gasteiger partial charge is 0.0971 e. The normalized spacial score (nSPS) is 33.9. The van der Waals surface area contributed by atoms with Crippen LogP contribution in [0.2, 0.25) is 33.2 Å². The van der Waals surface area contributed by atoms with Crippen LogP contribution in [-0.2, 0) is 0 Å². The number of hydrogen-bond acceptors (Lipinski definition) is 0. The van der Waals surface area contributed by atoms with Crippen molar-refractivity contribution < 1.29 is 0 Å². The molecule has 0 radical (unpaired) electrons. The van der Waals surface area contributed by atoms with Gasteiger partial charge in [-0.2, -0.15) is 0 Å². The van der Waals surface area contributed by atoms with Gasteiger partial charge in [0.1, 0.15) is 0 Å². The molecule has 8 rings (SSSR count). The van der Waals surface area contributed by atoms with E-state index in [4.69, 9.17) is 0 Å². The van der Waals surface area contributed by atoms with Crippen molar-refractivity contribution >= 4 is 16.1 Å². The van der Waals surface area contributed by atoms with E-state index in [0.29, 0.717) is 0 Å². The van der Waals surface area contributed by atoms with Gasteiger partial charge in [-0.05, 0) is 82.6 Å². The molecule has 0 heterocycles. The fourth-order valence-electron chi connectivity index (χ4n) is 16.8. The summed E-state index contributed by atoms with van der Waals surface area (Å²) in [6, 6.07) is 0. The number of hydrogen-bond donors (Lipinski definition) is 0. The summed E-state index contributed by atoms with van der Waals surface area (Å²) in [6.45, 7) is 0. The summed E-state index contributed by atoms with van der Waals surface area (Å²) in [4.78, 5) is 0. The van der Waals surface area contributed by atoms with Gasteiger partial charge in [-0.15, -0.1) is 0 Å². The van der Waals surface area contributed by atoms with Crippen molar-refractivity contribution in [3.8, 4) is 0 Å². The molecule has 8 saturated carbocycles. The van der Waals surface area contributed by atoms with E-state index in [0.717, 1.165) is 56.9 Å². The highest BCUT2D eigenvalue weighted by Crippen LogP contribution is 2.59. The van der Waals surface area contributed by atoms with Crippen molar-refractivity contribution in [1.29, 1.82) is 0 Å². The van der Waals surface area contributed by atoms with Gasteiger partial charge >= 0.3 is 0 Å². The fourth-order valence-corrected chi connectivity index (χ4v) is 32.1. The Kier molecular flexibility index (Phi) is 15.3. The van der Waals surface area contributed by atoms with Crippen molar-refractivity contribution in [2.24, 2.45) is 23.7 Å². The Bertz CT molecular complexity index is 952. The Morgan fingerprint density at radius 1 is 0.241 bits per heavy atom. The minimum Gasteiger partial charge on any atom is -0.0971 e. The van der Waals surface area contributed by atoms with Crippen LogP contribution >= 0.6 is 0 Å². The summed E-state index contributed by atoms with van der Waals surface area (Å²) in [5, 5.41) is 0. The molecule has 4 atom stereocenters. The molecule has 54 heavy (non-hydrogen) atoms. The first-order valence-electron chi connectivity index (χ1n) is 26.1. The van der Waals surface area contributed by atoms with Crippen molar-refractivity contribution in [3.63, 3.8) is 0 Å². The lowest BCUT2D eigenvalue weighted by molar-refractivity contribution is 0.158. The highest BCUT2D eigenvalue weighted by molar-refractivity contribution is 6.89. The third-order valence-corrected chi connectivity index (χ3v) is 32.9. The SMILES string of the molecule is C(=C[Si](C1CCCCC1)(C1CCCCC1)C1CCCCC1)C1CCCC(C2CCCC(C=C[Si](C3CCCCC3)(C3CCCCC3)C3CCCCC3)C2)C1. The Morgan fingerprint density at radius 2 is 0.481 bits per heavy atom. The van der Waals surface area contributed by atoms with Crippen LogP contribution in [0.5, 0.6) is 0 Å². The zero-order chi connectivity index (χ0) is 36.5. The Hall–Kier alpha value is -0.0862. The van der Waals surface area contributed by atoms with E-state index in [9.17, 15) is 0 Å². The van der Waals surface area contributed by atoms with Gasteiger partial charge in [0.25, 0.3) is 0 Å². The minimum atomic E-state index is -1.51. The van der Waals surface area contributed by atoms with Gasteiger partial charge in [0.05, 0.1) is 16.1 Å². The first kappa shape index (κ1) is 40.7. The van der Waals surface area contributed by atoms with Gasteiger partial charge in [0, 0.05) is 0 Å². The molecular weight excluding hydrogens is 681 g/mol. The maximum Gasteiger partial charge on any atom is 0.0866 e. The Morgan fingerprint density at radius 3 is 0.722 bits per heavy atom. The summed E-state index contributed by atoms with van der Waals surface area (Å²) in [6.07, 6.45) is 65.6. The lowest BCUT2D eigenvalue weighted by Crippen LogP contribution is -2.50. The van der Waals surface area contributed by atoms with E-state index in [1.807, 2.05) is 0 Å². The molecule has 0 spiro atoms. The fraction of sp³-hybridized carbons (Fsp3) is 0.923. The van der Waals surface area contributed by atoms with Crippen LogP contribution < -0.4 is 0 Å². The van der Waals surface area contributed by atoms with Crippen LogP contribution in [0.3, 0.4) is 0 Å². The van der Waals surface area contributed by atoms with Gasteiger partial charge in [0.2, 0.25) is 0 Å². The molecule has 8 aliphatic rings. The summed E-state index contributed by atoms with van der Waals surface area (Å²) >= 11 is 0. The molecule has 0 nitrogen and oxygen atoms in total. The molecule has 8 aliphatic carbocycles. The first-order valence-corrected chi connectivity index (χ1v) is 30.8. The molecule has 2 heteroatoms. The predicted octanol–water partition coefficient (Wildman–Crippen LogP) is 17.7. The molecule has 0 amide bonds. The molecule has 0 aliphatic heterocycles. The van der Waals surface area contributed by atoms with E-state index in [1.54, 1.807) is 180 Å². The van der Waals surface area contributed by atoms with Crippen LogP contribution in [0.25, 0.3) is 0 Å². The molecular formula is C52H90Si2. The molecule has 8 fully saturated rings. The van der Waals surface area contributed by atoms with Crippen LogP contribution in [0.1, 0.15) is 244 Å². The Labute approximate surface area is 339 Å². The molecule has 4 unspecified atom stereocenters. The average molecular weight is 771 g/mol. The lowest BCUT2D eigenvalue weighted by atomic mass is 9.68. The number of rotatable bonds is 11. The second kappa shape index (κ2) is 20.3. The number of allylic oxidation sites excluding steroid dienone is 2. The van der Waals surface area contributed by atoms with Crippen LogP contribution in [-0.4, -0.2) is 16.1 Å². The van der Waals surface area contributed by atoms with Gasteiger partial charge in [-0.3, -0.25) is 0 Å². The molecule has 0 aromatic heterocycles. The van der Waals surface area contributed by atoms with Crippen molar-refractivity contribution in [2.45, 2.75) is 277 Å². The highest BCUT2D eigenvalue weighted by Gasteiger charge is 2.52. The third-order valence-electron chi connectivity index (χ3n) is 19.4.